The lowest BCUT2D eigenvalue weighted by atomic mass is 9.91. The van der Waals surface area contributed by atoms with Gasteiger partial charge in [0.15, 0.2) is 5.13 Å². The maximum atomic E-state index is 13.2. The Hall–Kier alpha value is -1.32. The van der Waals surface area contributed by atoms with E-state index in [4.69, 9.17) is 9.84 Å². The molecule has 2 amide bonds. The van der Waals surface area contributed by atoms with E-state index in [2.05, 4.69) is 22.1 Å². The summed E-state index contributed by atoms with van der Waals surface area (Å²) in [5, 5.41) is 12.3. The predicted molar refractivity (Wildman–Crippen MR) is 116 cm³/mol. The van der Waals surface area contributed by atoms with Gasteiger partial charge in [0.2, 0.25) is 0 Å². The number of aromatic nitrogens is 1. The third-order valence-electron chi connectivity index (χ3n) is 5.58. The lowest BCUT2D eigenvalue weighted by molar-refractivity contribution is -0.133. The van der Waals surface area contributed by atoms with Gasteiger partial charge in [0, 0.05) is 18.7 Å². The van der Waals surface area contributed by atoms with Crippen LogP contribution in [0.25, 0.3) is 0 Å². The highest BCUT2D eigenvalue weighted by molar-refractivity contribution is 8.01. The number of carbonyl (C=O) groups excluding carboxylic acids is 1. The lowest BCUT2D eigenvalue weighted by Crippen LogP contribution is -2.50. The summed E-state index contributed by atoms with van der Waals surface area (Å²) in [5.41, 5.74) is 0. The number of hydrogen-bond acceptors (Lipinski definition) is 6. The third-order valence-corrected chi connectivity index (χ3v) is 7.68. The number of hydrogen-bond donors (Lipinski definition) is 2. The van der Waals surface area contributed by atoms with Gasteiger partial charge in [-0.15, -0.1) is 11.8 Å². The molecule has 0 unspecified atom stereocenters. The molecule has 0 aliphatic heterocycles. The number of urea groups is 1. The number of aliphatic carboxylic acids is 1. The molecular weight excluding hydrogens is 410 g/mol. The second kappa shape index (κ2) is 11.2. The third kappa shape index (κ3) is 6.58. The zero-order chi connectivity index (χ0) is 20.6. The predicted octanol–water partition coefficient (Wildman–Crippen LogP) is 4.83. The van der Waals surface area contributed by atoms with E-state index in [1.165, 1.54) is 35.9 Å². The molecule has 1 heterocycles. The van der Waals surface area contributed by atoms with Crippen LogP contribution >= 0.6 is 23.1 Å². The van der Waals surface area contributed by atoms with E-state index < -0.39 is 5.97 Å². The van der Waals surface area contributed by atoms with Gasteiger partial charge in [-0.25, -0.2) is 9.78 Å². The highest BCUT2D eigenvalue weighted by Gasteiger charge is 2.35. The van der Waals surface area contributed by atoms with Crippen LogP contribution in [0.2, 0.25) is 0 Å². The summed E-state index contributed by atoms with van der Waals surface area (Å²) in [6.45, 7) is 2.94. The first-order valence-corrected chi connectivity index (χ1v) is 12.4. The minimum absolute atomic E-state index is 0.00682. The Labute approximate surface area is 180 Å². The van der Waals surface area contributed by atoms with Gasteiger partial charge in [-0.1, -0.05) is 31.1 Å². The molecule has 29 heavy (non-hydrogen) atoms. The second-order valence-electron chi connectivity index (χ2n) is 7.74. The van der Waals surface area contributed by atoms with Gasteiger partial charge in [0.05, 0.1) is 22.3 Å². The Morgan fingerprint density at radius 3 is 2.59 bits per heavy atom. The first-order valence-electron chi connectivity index (χ1n) is 10.6. The topological polar surface area (TPSA) is 91.8 Å². The van der Waals surface area contributed by atoms with Gasteiger partial charge in [-0.3, -0.25) is 10.1 Å². The van der Waals surface area contributed by atoms with E-state index in [1.54, 1.807) is 6.20 Å². The Morgan fingerprint density at radius 2 is 1.93 bits per heavy atom. The van der Waals surface area contributed by atoms with Crippen molar-refractivity contribution in [2.75, 3.05) is 17.7 Å². The summed E-state index contributed by atoms with van der Waals surface area (Å²) in [5.74, 6) is -0.868. The maximum Gasteiger partial charge on any atom is 0.324 e. The summed E-state index contributed by atoms with van der Waals surface area (Å²) in [6, 6.07) is 0.480. The van der Waals surface area contributed by atoms with Crippen LogP contribution in [0.1, 0.15) is 64.7 Å². The molecule has 7 nitrogen and oxygen atoms in total. The van der Waals surface area contributed by atoms with E-state index in [0.717, 1.165) is 55.8 Å². The number of thioether (sulfide) groups is 1. The summed E-state index contributed by atoms with van der Waals surface area (Å²) >= 11 is 2.55. The molecule has 0 saturated heterocycles. The fraction of sp³-hybridized carbons (Fsp3) is 0.750. The molecule has 0 bridgehead atoms. The number of carboxylic acid groups (broad SMARTS) is 1. The van der Waals surface area contributed by atoms with Crippen LogP contribution in [0.15, 0.2) is 10.4 Å². The highest BCUT2D eigenvalue weighted by Crippen LogP contribution is 2.33. The van der Waals surface area contributed by atoms with Crippen molar-refractivity contribution in [3.8, 4) is 0 Å². The van der Waals surface area contributed by atoms with Crippen molar-refractivity contribution < 1.29 is 19.4 Å². The summed E-state index contributed by atoms with van der Waals surface area (Å²) in [6.07, 6.45) is 11.5. The number of nitrogens with zero attached hydrogens (tertiary/aromatic N) is 2. The van der Waals surface area contributed by atoms with Crippen molar-refractivity contribution in [3.63, 3.8) is 0 Å². The monoisotopic (exact) mass is 441 g/mol. The normalized spacial score (nSPS) is 22.5. The number of thiazole rings is 1. The van der Waals surface area contributed by atoms with Crippen molar-refractivity contribution in [2.45, 2.75) is 87.1 Å². The number of nitrogens with one attached hydrogen (secondary N) is 1. The number of amides is 2. The van der Waals surface area contributed by atoms with Crippen LogP contribution in [-0.2, 0) is 9.53 Å². The standard InChI is InChI=1S/C20H31N3O4S2/c1-2-11-27-16-9-7-15(8-10-16)23(14-5-3-4-6-14)20(26)22-19-21-12-18(29-19)28-13-17(24)25/h12,14-16H,2-11,13H2,1H3,(H,24,25)(H,21,22,26). The van der Waals surface area contributed by atoms with Gasteiger partial charge < -0.3 is 14.7 Å². The van der Waals surface area contributed by atoms with Crippen LogP contribution in [-0.4, -0.2) is 57.5 Å². The van der Waals surface area contributed by atoms with Crippen molar-refractivity contribution in [1.82, 2.24) is 9.88 Å². The largest absolute Gasteiger partial charge is 0.481 e. The average Bonchev–Trinajstić information content (AvgIpc) is 3.38. The van der Waals surface area contributed by atoms with E-state index in [0.29, 0.717) is 17.3 Å². The Bertz CT molecular complexity index is 670. The zero-order valence-corrected chi connectivity index (χ0v) is 18.6. The van der Waals surface area contributed by atoms with Gasteiger partial charge in [-0.05, 0) is 44.9 Å². The first kappa shape index (κ1) is 22.4. The van der Waals surface area contributed by atoms with E-state index in [1.807, 2.05) is 0 Å². The average molecular weight is 442 g/mol. The van der Waals surface area contributed by atoms with Crippen molar-refractivity contribution in [3.05, 3.63) is 6.20 Å². The molecule has 2 saturated carbocycles. The van der Waals surface area contributed by atoms with Gasteiger partial charge in [-0.2, -0.15) is 0 Å². The second-order valence-corrected chi connectivity index (χ2v) is 10.1. The molecule has 0 atom stereocenters. The summed E-state index contributed by atoms with van der Waals surface area (Å²) < 4.78 is 6.71. The number of ether oxygens (including phenoxy) is 1. The van der Waals surface area contributed by atoms with Crippen molar-refractivity contribution in [1.29, 1.82) is 0 Å². The fourth-order valence-corrected chi connectivity index (χ4v) is 5.84. The van der Waals surface area contributed by atoms with E-state index >= 15 is 0 Å². The summed E-state index contributed by atoms with van der Waals surface area (Å²) in [4.78, 5) is 30.2. The number of carboxylic acids is 1. The van der Waals surface area contributed by atoms with Crippen molar-refractivity contribution >= 4 is 40.2 Å². The SMILES string of the molecule is CCCOC1CCC(N(C(=O)Nc2ncc(SCC(=O)O)s2)C2CCCC2)CC1. The molecule has 1 aromatic rings. The molecule has 0 radical (unpaired) electrons. The van der Waals surface area contributed by atoms with Gasteiger partial charge in [0.1, 0.15) is 0 Å². The van der Waals surface area contributed by atoms with Crippen molar-refractivity contribution in [2.24, 2.45) is 0 Å². The maximum absolute atomic E-state index is 13.2. The number of anilines is 1. The first-order chi connectivity index (χ1) is 14.1. The molecule has 0 spiro atoms. The molecule has 0 aromatic carbocycles. The van der Waals surface area contributed by atoms with Crippen LogP contribution < -0.4 is 5.32 Å². The molecule has 2 aliphatic rings. The van der Waals surface area contributed by atoms with Crippen LogP contribution in [0, 0.1) is 0 Å². The van der Waals surface area contributed by atoms with Gasteiger partial charge >= 0.3 is 12.0 Å². The minimum Gasteiger partial charge on any atom is -0.481 e. The Balaban J connectivity index is 1.60. The van der Waals surface area contributed by atoms with E-state index in [-0.39, 0.29) is 17.8 Å². The molecule has 9 heteroatoms. The molecule has 2 fully saturated rings. The van der Waals surface area contributed by atoms with Gasteiger partial charge in [0.25, 0.3) is 0 Å². The highest BCUT2D eigenvalue weighted by atomic mass is 32.2. The smallest absolute Gasteiger partial charge is 0.324 e. The molecular formula is C20H31N3O4S2. The number of carbonyl (C=O) groups is 2. The Kier molecular flexibility index (Phi) is 8.62. The van der Waals surface area contributed by atoms with Crippen LogP contribution in [0.4, 0.5) is 9.93 Å². The van der Waals surface area contributed by atoms with E-state index in [9.17, 15) is 9.59 Å². The number of rotatable bonds is 9. The van der Waals surface area contributed by atoms with Crippen LogP contribution in [0.3, 0.4) is 0 Å². The quantitative estimate of drug-likeness (QED) is 0.533. The minimum atomic E-state index is -0.861. The molecule has 1 aromatic heterocycles. The fourth-order valence-electron chi connectivity index (χ4n) is 4.26. The zero-order valence-electron chi connectivity index (χ0n) is 17.0. The molecule has 2 aliphatic carbocycles. The molecule has 3 rings (SSSR count). The molecule has 162 valence electrons. The summed E-state index contributed by atoms with van der Waals surface area (Å²) in [7, 11) is 0. The molecule has 2 N–H and O–H groups in total. The Morgan fingerprint density at radius 1 is 1.24 bits per heavy atom. The van der Waals surface area contributed by atoms with Crippen LogP contribution in [0.5, 0.6) is 0 Å². The lowest BCUT2D eigenvalue weighted by Gasteiger charge is -2.40.